The zero-order valence-corrected chi connectivity index (χ0v) is 10.6. The van der Waals surface area contributed by atoms with Crippen LogP contribution in [-0.4, -0.2) is 16.8 Å². The first-order valence-electron chi connectivity index (χ1n) is 6.27. The minimum absolute atomic E-state index is 0.202. The Balaban J connectivity index is 2.14. The summed E-state index contributed by atoms with van der Waals surface area (Å²) in [4.78, 5) is 28.0. The molecule has 2 amide bonds. The lowest BCUT2D eigenvalue weighted by Gasteiger charge is -2.32. The van der Waals surface area contributed by atoms with Crippen molar-refractivity contribution in [3.8, 4) is 0 Å². The van der Waals surface area contributed by atoms with E-state index in [2.05, 4.69) is 10.3 Å². The number of benzene rings is 1. The van der Waals surface area contributed by atoms with E-state index in [-0.39, 0.29) is 5.91 Å². The summed E-state index contributed by atoms with van der Waals surface area (Å²) in [6, 6.07) is 10.1. The molecule has 0 fully saturated rings. The van der Waals surface area contributed by atoms with E-state index in [9.17, 15) is 9.59 Å². The number of hydrogen-bond acceptors (Lipinski definition) is 3. The molecule has 2 atom stereocenters. The number of nitrogens with one attached hydrogen (secondary N) is 1. The number of carbonyl (C=O) groups is 2. The summed E-state index contributed by atoms with van der Waals surface area (Å²) in [6.45, 7) is 0. The van der Waals surface area contributed by atoms with Gasteiger partial charge in [-0.25, -0.2) is 0 Å². The predicted octanol–water partition coefficient (Wildman–Crippen LogP) is 1.14. The first-order valence-corrected chi connectivity index (χ1v) is 6.27. The summed E-state index contributed by atoms with van der Waals surface area (Å²) in [5.41, 5.74) is 7.47. The number of primary amides is 1. The van der Waals surface area contributed by atoms with Gasteiger partial charge in [-0.05, 0) is 23.3 Å². The standard InChI is InChI=1S/C15H13N3O2/c16-14(19)12-10-5-1-2-6-11(10)15(20)18-13(12)9-4-3-7-17-8-9/h1-8,12-13H,(H2,16,19)(H,18,20). The summed E-state index contributed by atoms with van der Waals surface area (Å²) in [5, 5.41) is 2.84. The Morgan fingerprint density at radius 1 is 1.20 bits per heavy atom. The molecule has 2 unspecified atom stereocenters. The monoisotopic (exact) mass is 267 g/mol. The SMILES string of the molecule is NC(=O)C1c2ccccc2C(=O)NC1c1cccnc1. The number of hydrogen-bond donors (Lipinski definition) is 2. The van der Waals surface area contributed by atoms with E-state index < -0.39 is 17.9 Å². The molecule has 1 aromatic heterocycles. The number of aromatic nitrogens is 1. The molecule has 0 saturated carbocycles. The maximum absolute atomic E-state index is 12.2. The molecular weight excluding hydrogens is 254 g/mol. The van der Waals surface area contributed by atoms with Crippen LogP contribution in [-0.2, 0) is 4.79 Å². The lowest BCUT2D eigenvalue weighted by atomic mass is 9.81. The Kier molecular flexibility index (Phi) is 2.95. The normalized spacial score (nSPS) is 20.9. The summed E-state index contributed by atoms with van der Waals surface area (Å²) < 4.78 is 0. The van der Waals surface area contributed by atoms with Crippen LogP contribution in [0.25, 0.3) is 0 Å². The smallest absolute Gasteiger partial charge is 0.252 e. The molecular formula is C15H13N3O2. The largest absolute Gasteiger partial charge is 0.369 e. The molecule has 0 radical (unpaired) electrons. The lowest BCUT2D eigenvalue weighted by Crippen LogP contribution is -2.43. The van der Waals surface area contributed by atoms with Gasteiger partial charge in [0.15, 0.2) is 0 Å². The van der Waals surface area contributed by atoms with E-state index in [1.165, 1.54) is 0 Å². The third kappa shape index (κ3) is 1.93. The number of pyridine rings is 1. The number of fused-ring (bicyclic) bond motifs is 1. The number of nitrogens with two attached hydrogens (primary N) is 1. The van der Waals surface area contributed by atoms with Crippen molar-refractivity contribution in [3.05, 3.63) is 65.5 Å². The molecule has 0 saturated heterocycles. The number of rotatable bonds is 2. The molecule has 1 aliphatic rings. The molecule has 2 aromatic rings. The van der Waals surface area contributed by atoms with Crippen molar-refractivity contribution in [3.63, 3.8) is 0 Å². The minimum Gasteiger partial charge on any atom is -0.369 e. The Morgan fingerprint density at radius 2 is 2.00 bits per heavy atom. The molecule has 3 rings (SSSR count). The van der Waals surface area contributed by atoms with Crippen molar-refractivity contribution in [2.45, 2.75) is 12.0 Å². The van der Waals surface area contributed by atoms with E-state index in [0.717, 1.165) is 5.56 Å². The predicted molar refractivity (Wildman–Crippen MR) is 72.8 cm³/mol. The van der Waals surface area contributed by atoms with Crippen LogP contribution >= 0.6 is 0 Å². The third-order valence-electron chi connectivity index (χ3n) is 3.51. The maximum Gasteiger partial charge on any atom is 0.252 e. The topological polar surface area (TPSA) is 85.1 Å². The van der Waals surface area contributed by atoms with Crippen molar-refractivity contribution in [2.75, 3.05) is 0 Å². The fraction of sp³-hybridized carbons (Fsp3) is 0.133. The molecule has 20 heavy (non-hydrogen) atoms. The Labute approximate surface area is 115 Å². The molecule has 0 bridgehead atoms. The van der Waals surface area contributed by atoms with Crippen LogP contribution in [0.3, 0.4) is 0 Å². The summed E-state index contributed by atoms with van der Waals surface area (Å²) in [7, 11) is 0. The van der Waals surface area contributed by atoms with Crippen LogP contribution in [0.2, 0.25) is 0 Å². The Morgan fingerprint density at radius 3 is 2.70 bits per heavy atom. The quantitative estimate of drug-likeness (QED) is 0.855. The first kappa shape index (κ1) is 12.3. The van der Waals surface area contributed by atoms with E-state index in [0.29, 0.717) is 11.1 Å². The second-order valence-corrected chi connectivity index (χ2v) is 4.70. The van der Waals surface area contributed by atoms with Gasteiger partial charge >= 0.3 is 0 Å². The highest BCUT2D eigenvalue weighted by atomic mass is 16.2. The fourth-order valence-electron chi connectivity index (χ4n) is 2.61. The average molecular weight is 267 g/mol. The molecule has 0 spiro atoms. The van der Waals surface area contributed by atoms with Crippen LogP contribution in [0.4, 0.5) is 0 Å². The molecule has 5 nitrogen and oxygen atoms in total. The zero-order valence-electron chi connectivity index (χ0n) is 10.6. The van der Waals surface area contributed by atoms with Crippen LogP contribution in [0.1, 0.15) is 33.4 Å². The molecule has 3 N–H and O–H groups in total. The molecule has 1 aromatic carbocycles. The summed E-state index contributed by atoms with van der Waals surface area (Å²) >= 11 is 0. The van der Waals surface area contributed by atoms with E-state index >= 15 is 0 Å². The number of carbonyl (C=O) groups excluding carboxylic acids is 2. The van der Waals surface area contributed by atoms with Gasteiger partial charge in [0, 0.05) is 18.0 Å². The second kappa shape index (κ2) is 4.77. The van der Waals surface area contributed by atoms with Crippen molar-refractivity contribution >= 4 is 11.8 Å². The van der Waals surface area contributed by atoms with Crippen LogP contribution in [0.15, 0.2) is 48.8 Å². The van der Waals surface area contributed by atoms with Gasteiger partial charge in [0.25, 0.3) is 5.91 Å². The maximum atomic E-state index is 12.2. The van der Waals surface area contributed by atoms with Crippen LogP contribution < -0.4 is 11.1 Å². The molecule has 2 heterocycles. The van der Waals surface area contributed by atoms with Crippen molar-refractivity contribution < 1.29 is 9.59 Å². The second-order valence-electron chi connectivity index (χ2n) is 4.70. The van der Waals surface area contributed by atoms with Gasteiger partial charge in [-0.1, -0.05) is 24.3 Å². The van der Waals surface area contributed by atoms with Gasteiger partial charge in [0.2, 0.25) is 5.91 Å². The molecule has 100 valence electrons. The fourth-order valence-corrected chi connectivity index (χ4v) is 2.61. The molecule has 5 heteroatoms. The van der Waals surface area contributed by atoms with Crippen molar-refractivity contribution in [1.29, 1.82) is 0 Å². The van der Waals surface area contributed by atoms with Gasteiger partial charge in [-0.15, -0.1) is 0 Å². The molecule has 1 aliphatic heterocycles. The minimum atomic E-state index is -0.590. The van der Waals surface area contributed by atoms with E-state index in [4.69, 9.17) is 5.73 Å². The first-order chi connectivity index (χ1) is 9.68. The average Bonchev–Trinajstić information content (AvgIpc) is 2.47. The zero-order chi connectivity index (χ0) is 14.1. The van der Waals surface area contributed by atoms with Gasteiger partial charge in [-0.3, -0.25) is 14.6 Å². The summed E-state index contributed by atoms with van der Waals surface area (Å²) in [6.07, 6.45) is 3.27. The molecule has 0 aliphatic carbocycles. The van der Waals surface area contributed by atoms with E-state index in [1.54, 1.807) is 42.7 Å². The third-order valence-corrected chi connectivity index (χ3v) is 3.51. The van der Waals surface area contributed by atoms with Crippen molar-refractivity contribution in [1.82, 2.24) is 10.3 Å². The van der Waals surface area contributed by atoms with Gasteiger partial charge < -0.3 is 11.1 Å². The summed E-state index contributed by atoms with van der Waals surface area (Å²) in [5.74, 6) is -1.26. The Bertz CT molecular complexity index is 670. The highest BCUT2D eigenvalue weighted by molar-refractivity contribution is 6.01. The lowest BCUT2D eigenvalue weighted by molar-refractivity contribution is -0.120. The number of nitrogens with zero attached hydrogens (tertiary/aromatic N) is 1. The van der Waals surface area contributed by atoms with Gasteiger partial charge in [-0.2, -0.15) is 0 Å². The highest BCUT2D eigenvalue weighted by Crippen LogP contribution is 2.36. The van der Waals surface area contributed by atoms with Gasteiger partial charge in [0.05, 0.1) is 12.0 Å². The highest BCUT2D eigenvalue weighted by Gasteiger charge is 2.37. The van der Waals surface area contributed by atoms with Crippen LogP contribution in [0.5, 0.6) is 0 Å². The Hall–Kier alpha value is -2.69. The van der Waals surface area contributed by atoms with E-state index in [1.807, 2.05) is 6.07 Å². The number of amides is 2. The van der Waals surface area contributed by atoms with Crippen molar-refractivity contribution in [2.24, 2.45) is 5.73 Å². The van der Waals surface area contributed by atoms with Crippen LogP contribution in [0, 0.1) is 0 Å². The van der Waals surface area contributed by atoms with Gasteiger partial charge in [0.1, 0.15) is 0 Å².